The SMILES string of the molecule is CCCCCC(=O)[N+](C)(Cc1ccccc1-c1ccccc1S(=O)(=O)Nc1noc(C)c1C)[C@@H](CC(C)C)C(N)=O. The number of aryl methyl sites for hydroxylation is 1. The minimum atomic E-state index is -4.06. The molecule has 1 unspecified atom stereocenters. The van der Waals surface area contributed by atoms with Crippen molar-refractivity contribution in [3.05, 3.63) is 65.4 Å². The van der Waals surface area contributed by atoms with Gasteiger partial charge in [0.1, 0.15) is 12.3 Å². The number of hydrogen-bond acceptors (Lipinski definition) is 6. The second kappa shape index (κ2) is 13.4. The lowest BCUT2D eigenvalue weighted by Gasteiger charge is -2.39. The number of benzene rings is 2. The van der Waals surface area contributed by atoms with Gasteiger partial charge in [-0.1, -0.05) is 81.2 Å². The number of hydrogen-bond donors (Lipinski definition) is 2. The van der Waals surface area contributed by atoms with Crippen molar-refractivity contribution in [2.45, 2.75) is 84.2 Å². The van der Waals surface area contributed by atoms with Gasteiger partial charge in [-0.3, -0.25) is 9.52 Å². The molecular formula is C31H43N4O5S+. The Morgan fingerprint density at radius 2 is 1.66 bits per heavy atom. The number of likely N-dealkylation sites (N-methyl/N-ethyl adjacent to an activating group) is 1. The van der Waals surface area contributed by atoms with Crippen molar-refractivity contribution in [1.82, 2.24) is 5.16 Å². The van der Waals surface area contributed by atoms with Crippen LogP contribution >= 0.6 is 0 Å². The molecule has 222 valence electrons. The Kier molecular flexibility index (Phi) is 10.5. The van der Waals surface area contributed by atoms with Gasteiger partial charge in [0.25, 0.3) is 15.9 Å². The summed E-state index contributed by atoms with van der Waals surface area (Å²) in [6, 6.07) is 13.4. The molecule has 0 aliphatic heterocycles. The van der Waals surface area contributed by atoms with E-state index in [4.69, 9.17) is 10.3 Å². The van der Waals surface area contributed by atoms with Crippen LogP contribution in [0.5, 0.6) is 0 Å². The summed E-state index contributed by atoms with van der Waals surface area (Å²) in [4.78, 5) is 26.7. The smallest absolute Gasteiger partial charge is 0.314 e. The Hall–Kier alpha value is -3.50. The third-order valence-corrected chi connectivity index (χ3v) is 9.04. The van der Waals surface area contributed by atoms with Gasteiger partial charge in [-0.25, -0.2) is 17.7 Å². The fourth-order valence-corrected chi connectivity index (χ4v) is 6.40. The molecule has 0 bridgehead atoms. The summed E-state index contributed by atoms with van der Waals surface area (Å²) in [7, 11) is -2.28. The Morgan fingerprint density at radius 1 is 1.02 bits per heavy atom. The normalized spacial score (nSPS) is 14.0. The first-order valence-electron chi connectivity index (χ1n) is 14.1. The van der Waals surface area contributed by atoms with E-state index in [1.54, 1.807) is 39.1 Å². The zero-order chi connectivity index (χ0) is 30.4. The molecule has 3 aromatic rings. The minimum absolute atomic E-state index is 0.0582. The van der Waals surface area contributed by atoms with Gasteiger partial charge in [0.2, 0.25) is 0 Å². The molecule has 2 atom stereocenters. The molecule has 0 radical (unpaired) electrons. The second-order valence-electron chi connectivity index (χ2n) is 11.3. The maximum atomic E-state index is 13.8. The number of quaternary nitrogens is 1. The van der Waals surface area contributed by atoms with Crippen molar-refractivity contribution in [2.75, 3.05) is 11.8 Å². The van der Waals surface area contributed by atoms with Crippen molar-refractivity contribution >= 4 is 27.7 Å². The summed E-state index contributed by atoms with van der Waals surface area (Å²) in [5, 5.41) is 3.85. The van der Waals surface area contributed by atoms with E-state index in [1.165, 1.54) is 6.07 Å². The van der Waals surface area contributed by atoms with Gasteiger partial charge in [-0.15, -0.1) is 0 Å². The summed E-state index contributed by atoms with van der Waals surface area (Å²) in [5.41, 5.74) is 8.39. The van der Waals surface area contributed by atoms with Crippen molar-refractivity contribution in [1.29, 1.82) is 0 Å². The molecule has 41 heavy (non-hydrogen) atoms. The number of primary amides is 1. The van der Waals surface area contributed by atoms with Crippen LogP contribution in [0.4, 0.5) is 5.82 Å². The number of amides is 2. The molecule has 3 N–H and O–H groups in total. The summed E-state index contributed by atoms with van der Waals surface area (Å²) in [5.74, 6) is 0.215. The molecule has 1 aromatic heterocycles. The number of aromatic nitrogens is 1. The number of carbonyl (C=O) groups is 2. The summed E-state index contributed by atoms with van der Waals surface area (Å²) in [6.07, 6.45) is 3.40. The van der Waals surface area contributed by atoms with Crippen molar-refractivity contribution in [3.8, 4) is 11.1 Å². The third kappa shape index (κ3) is 7.42. The number of nitrogens with zero attached hydrogens (tertiary/aromatic N) is 2. The standard InChI is InChI=1S/C31H42N4O5S/c1-7-8-9-18-29(36)35(6,27(30(32)37)19-21(2)3)20-24-14-10-11-15-25(24)26-16-12-13-17-28(26)41(38,39)34-31-22(4)23(5)40-33-31/h10-17,21,27H,7-9,18-20H2,1-6H3,(H2-,32,33,34,37)/p+1/t27-,35?/m0/s1. The van der Waals surface area contributed by atoms with Crippen LogP contribution in [-0.4, -0.2) is 43.0 Å². The molecule has 1 heterocycles. The quantitative estimate of drug-likeness (QED) is 0.184. The van der Waals surface area contributed by atoms with Gasteiger partial charge in [0.05, 0.1) is 18.4 Å². The lowest BCUT2D eigenvalue weighted by molar-refractivity contribution is -0.865. The molecule has 0 spiro atoms. The third-order valence-electron chi connectivity index (χ3n) is 7.65. The first kappa shape index (κ1) is 32.0. The Morgan fingerprint density at radius 3 is 2.24 bits per heavy atom. The summed E-state index contributed by atoms with van der Waals surface area (Å²) in [6.45, 7) is 9.70. The van der Waals surface area contributed by atoms with Crippen LogP contribution in [0.3, 0.4) is 0 Å². The number of nitrogens with one attached hydrogen (secondary N) is 1. The van der Waals surface area contributed by atoms with Gasteiger partial charge in [0.15, 0.2) is 11.9 Å². The Labute approximate surface area is 243 Å². The van der Waals surface area contributed by atoms with E-state index in [-0.39, 0.29) is 33.6 Å². The average Bonchev–Trinajstić information content (AvgIpc) is 3.23. The molecule has 9 nitrogen and oxygen atoms in total. The van der Waals surface area contributed by atoms with Crippen LogP contribution in [0.1, 0.15) is 69.8 Å². The van der Waals surface area contributed by atoms with E-state index >= 15 is 0 Å². The lowest BCUT2D eigenvalue weighted by Crippen LogP contribution is -2.60. The van der Waals surface area contributed by atoms with Crippen molar-refractivity contribution < 1.29 is 27.0 Å². The summed E-state index contributed by atoms with van der Waals surface area (Å²) >= 11 is 0. The van der Waals surface area contributed by atoms with E-state index < -0.39 is 22.0 Å². The first-order chi connectivity index (χ1) is 19.3. The van der Waals surface area contributed by atoms with Crippen LogP contribution in [0.25, 0.3) is 11.1 Å². The number of carbonyl (C=O) groups excluding carboxylic acids is 2. The van der Waals surface area contributed by atoms with Gasteiger partial charge in [-0.2, -0.15) is 0 Å². The van der Waals surface area contributed by atoms with E-state index in [1.807, 2.05) is 38.1 Å². The second-order valence-corrected chi connectivity index (χ2v) is 12.9. The largest absolute Gasteiger partial charge is 0.364 e. The highest BCUT2D eigenvalue weighted by Gasteiger charge is 2.44. The number of rotatable bonds is 14. The highest BCUT2D eigenvalue weighted by atomic mass is 32.2. The fraction of sp³-hybridized carbons (Fsp3) is 0.452. The number of nitrogens with two attached hydrogens (primary N) is 1. The predicted octanol–water partition coefficient (Wildman–Crippen LogP) is 5.71. The van der Waals surface area contributed by atoms with E-state index in [0.717, 1.165) is 24.8 Å². The molecular weight excluding hydrogens is 540 g/mol. The maximum Gasteiger partial charge on any atom is 0.314 e. The van der Waals surface area contributed by atoms with E-state index in [0.29, 0.717) is 35.3 Å². The Balaban J connectivity index is 2.11. The molecule has 0 aliphatic carbocycles. The molecule has 10 heteroatoms. The molecule has 2 aromatic carbocycles. The Bertz CT molecular complexity index is 1480. The number of unbranched alkanes of at least 4 members (excludes halogenated alkanes) is 2. The first-order valence-corrected chi connectivity index (χ1v) is 15.6. The zero-order valence-corrected chi connectivity index (χ0v) is 25.8. The van der Waals surface area contributed by atoms with E-state index in [9.17, 15) is 18.0 Å². The van der Waals surface area contributed by atoms with Crippen LogP contribution in [0.2, 0.25) is 0 Å². The van der Waals surface area contributed by atoms with Crippen LogP contribution in [0.15, 0.2) is 57.9 Å². The molecule has 0 fully saturated rings. The number of sulfonamides is 1. The van der Waals surface area contributed by atoms with Crippen LogP contribution in [-0.2, 0) is 26.2 Å². The van der Waals surface area contributed by atoms with Gasteiger partial charge in [-0.05, 0) is 37.8 Å². The van der Waals surface area contributed by atoms with Gasteiger partial charge < -0.3 is 10.3 Å². The molecule has 2 amide bonds. The summed E-state index contributed by atoms with van der Waals surface area (Å²) < 4.78 is 34.7. The fourth-order valence-electron chi connectivity index (χ4n) is 5.12. The topological polar surface area (TPSA) is 132 Å². The minimum Gasteiger partial charge on any atom is -0.364 e. The monoisotopic (exact) mass is 583 g/mol. The highest BCUT2D eigenvalue weighted by Crippen LogP contribution is 2.34. The van der Waals surface area contributed by atoms with Crippen LogP contribution in [0, 0.1) is 19.8 Å². The van der Waals surface area contributed by atoms with Crippen molar-refractivity contribution in [2.24, 2.45) is 11.7 Å². The molecule has 3 rings (SSSR count). The molecule has 0 saturated carbocycles. The average molecular weight is 584 g/mol. The lowest BCUT2D eigenvalue weighted by atomic mass is 9.94. The van der Waals surface area contributed by atoms with Gasteiger partial charge in [0, 0.05) is 23.1 Å². The molecule has 0 saturated heterocycles. The maximum absolute atomic E-state index is 13.8. The number of anilines is 1. The van der Waals surface area contributed by atoms with E-state index in [2.05, 4.69) is 16.8 Å². The van der Waals surface area contributed by atoms with Gasteiger partial charge >= 0.3 is 5.91 Å². The predicted molar refractivity (Wildman–Crippen MR) is 160 cm³/mol. The molecule has 0 aliphatic rings. The van der Waals surface area contributed by atoms with Crippen molar-refractivity contribution in [3.63, 3.8) is 0 Å². The highest BCUT2D eigenvalue weighted by molar-refractivity contribution is 7.92. The van der Waals surface area contributed by atoms with Crippen LogP contribution < -0.4 is 10.5 Å². The zero-order valence-electron chi connectivity index (χ0n) is 24.9.